The van der Waals surface area contributed by atoms with Crippen molar-refractivity contribution in [1.82, 2.24) is 24.9 Å². The van der Waals surface area contributed by atoms with Crippen molar-refractivity contribution < 1.29 is 14.2 Å². The predicted molar refractivity (Wildman–Crippen MR) is 121 cm³/mol. The van der Waals surface area contributed by atoms with Crippen LogP contribution in [0, 0.1) is 6.92 Å². The van der Waals surface area contributed by atoms with Crippen LogP contribution in [0.5, 0.6) is 23.5 Å². The molecule has 0 bridgehead atoms. The highest BCUT2D eigenvalue weighted by molar-refractivity contribution is 5.32. The molecular formula is C24H23N5O4. The molecule has 3 aromatic heterocycles. The molecule has 3 heterocycles. The Hall–Kier alpha value is -4.27. The Kier molecular flexibility index (Phi) is 6.89. The van der Waals surface area contributed by atoms with Crippen molar-refractivity contribution in [3.8, 4) is 23.5 Å². The van der Waals surface area contributed by atoms with Crippen molar-refractivity contribution in [3.05, 3.63) is 93.9 Å². The first-order valence-corrected chi connectivity index (χ1v) is 10.3. The lowest BCUT2D eigenvalue weighted by Gasteiger charge is -2.08. The predicted octanol–water partition coefficient (Wildman–Crippen LogP) is 3.28. The van der Waals surface area contributed by atoms with Gasteiger partial charge in [0.25, 0.3) is 11.6 Å². The van der Waals surface area contributed by atoms with Crippen LogP contribution in [0.3, 0.4) is 0 Å². The van der Waals surface area contributed by atoms with Crippen LogP contribution >= 0.6 is 0 Å². The Morgan fingerprint density at radius 3 is 2.33 bits per heavy atom. The van der Waals surface area contributed by atoms with E-state index in [0.717, 1.165) is 22.6 Å². The van der Waals surface area contributed by atoms with E-state index in [-0.39, 0.29) is 17.6 Å². The van der Waals surface area contributed by atoms with Gasteiger partial charge >= 0.3 is 6.01 Å². The lowest BCUT2D eigenvalue weighted by molar-refractivity contribution is 0.295. The molecule has 0 atom stereocenters. The van der Waals surface area contributed by atoms with Gasteiger partial charge in [0.15, 0.2) is 0 Å². The number of rotatable bonds is 9. The third kappa shape index (κ3) is 6.13. The maximum Gasteiger partial charge on any atom is 0.316 e. The molecule has 1 aromatic carbocycles. The van der Waals surface area contributed by atoms with Gasteiger partial charge in [-0.1, -0.05) is 12.1 Å². The minimum atomic E-state index is -0.355. The van der Waals surface area contributed by atoms with Gasteiger partial charge in [-0.05, 0) is 42.3 Å². The lowest BCUT2D eigenvalue weighted by atomic mass is 10.1. The summed E-state index contributed by atoms with van der Waals surface area (Å²) in [7, 11) is 1.50. The molecule has 0 aliphatic carbocycles. The standard InChI is InChI=1S/C24H23N5O4/c1-16-3-6-21(15-25-16)33-20-7-4-17(5-8-20)9-10-32-24-28-14-19(22(30)29-24)11-18-12-26-23(31-2)27-13-18/h3-8,12-15H,9-11H2,1-2H3,(H,28,29,30). The van der Waals surface area contributed by atoms with E-state index in [4.69, 9.17) is 14.2 Å². The molecule has 0 aliphatic rings. The molecular weight excluding hydrogens is 422 g/mol. The Bertz CT molecular complexity index is 1240. The second-order valence-corrected chi connectivity index (χ2v) is 7.27. The maximum atomic E-state index is 12.3. The van der Waals surface area contributed by atoms with Gasteiger partial charge in [-0.2, -0.15) is 4.98 Å². The quantitative estimate of drug-likeness (QED) is 0.418. The van der Waals surface area contributed by atoms with E-state index >= 15 is 0 Å². The Balaban J connectivity index is 1.28. The number of benzene rings is 1. The maximum absolute atomic E-state index is 12.3. The van der Waals surface area contributed by atoms with Crippen LogP contribution in [0.15, 0.2) is 66.0 Å². The highest BCUT2D eigenvalue weighted by atomic mass is 16.5. The fraction of sp³-hybridized carbons (Fsp3) is 0.208. The van der Waals surface area contributed by atoms with E-state index in [9.17, 15) is 4.79 Å². The Morgan fingerprint density at radius 2 is 1.67 bits per heavy atom. The summed E-state index contributed by atoms with van der Waals surface area (Å²) in [6.45, 7) is 2.30. The molecule has 0 fully saturated rings. The number of aryl methyl sites for hydroxylation is 1. The summed E-state index contributed by atoms with van der Waals surface area (Å²) in [5, 5.41) is 0. The van der Waals surface area contributed by atoms with Crippen molar-refractivity contribution in [2.24, 2.45) is 0 Å². The number of methoxy groups -OCH3 is 1. The van der Waals surface area contributed by atoms with Crippen molar-refractivity contribution in [3.63, 3.8) is 0 Å². The molecule has 0 aliphatic heterocycles. The Morgan fingerprint density at radius 1 is 0.909 bits per heavy atom. The first kappa shape index (κ1) is 21.9. The topological polar surface area (TPSA) is 112 Å². The van der Waals surface area contributed by atoms with Crippen molar-refractivity contribution in [1.29, 1.82) is 0 Å². The molecule has 33 heavy (non-hydrogen) atoms. The summed E-state index contributed by atoms with van der Waals surface area (Å²) in [5.74, 6) is 1.42. The molecule has 0 radical (unpaired) electrons. The number of H-pyrrole nitrogens is 1. The van der Waals surface area contributed by atoms with Crippen LogP contribution in [0.4, 0.5) is 0 Å². The van der Waals surface area contributed by atoms with Gasteiger partial charge in [0.1, 0.15) is 11.5 Å². The van der Waals surface area contributed by atoms with E-state index in [0.29, 0.717) is 30.8 Å². The molecule has 0 saturated carbocycles. The van der Waals surface area contributed by atoms with Gasteiger partial charge in [0.2, 0.25) is 0 Å². The van der Waals surface area contributed by atoms with Gasteiger partial charge in [-0.3, -0.25) is 9.78 Å². The van der Waals surface area contributed by atoms with Crippen molar-refractivity contribution >= 4 is 0 Å². The number of hydrogen-bond donors (Lipinski definition) is 1. The summed E-state index contributed by atoms with van der Waals surface area (Å²) in [6, 6.07) is 12.0. The normalized spacial score (nSPS) is 10.6. The zero-order valence-electron chi connectivity index (χ0n) is 18.3. The molecule has 0 spiro atoms. The minimum absolute atomic E-state index is 0.182. The average Bonchev–Trinajstić information content (AvgIpc) is 2.84. The first-order chi connectivity index (χ1) is 16.1. The number of ether oxygens (including phenoxy) is 3. The summed E-state index contributed by atoms with van der Waals surface area (Å²) in [4.78, 5) is 31.5. The molecule has 0 amide bonds. The molecule has 0 saturated heterocycles. The van der Waals surface area contributed by atoms with Crippen LogP contribution < -0.4 is 19.8 Å². The molecule has 0 unspecified atom stereocenters. The summed E-state index contributed by atoms with van der Waals surface area (Å²) in [6.07, 6.45) is 7.54. The number of nitrogens with zero attached hydrogens (tertiary/aromatic N) is 4. The Labute approximate surface area is 190 Å². The number of aromatic nitrogens is 5. The molecule has 4 aromatic rings. The number of aromatic amines is 1. The van der Waals surface area contributed by atoms with Gasteiger partial charge in [0.05, 0.1) is 19.9 Å². The zero-order valence-corrected chi connectivity index (χ0v) is 18.3. The smallest absolute Gasteiger partial charge is 0.316 e. The fourth-order valence-electron chi connectivity index (χ4n) is 3.01. The van der Waals surface area contributed by atoms with Crippen LogP contribution in [0.2, 0.25) is 0 Å². The second kappa shape index (κ2) is 10.4. The largest absolute Gasteiger partial charge is 0.467 e. The van der Waals surface area contributed by atoms with Crippen molar-refractivity contribution in [2.75, 3.05) is 13.7 Å². The highest BCUT2D eigenvalue weighted by Crippen LogP contribution is 2.21. The highest BCUT2D eigenvalue weighted by Gasteiger charge is 2.07. The van der Waals surface area contributed by atoms with E-state index in [1.54, 1.807) is 24.8 Å². The van der Waals surface area contributed by atoms with Gasteiger partial charge in [-0.15, -0.1) is 0 Å². The number of nitrogens with one attached hydrogen (secondary N) is 1. The monoisotopic (exact) mass is 445 g/mol. The summed E-state index contributed by atoms with van der Waals surface area (Å²) in [5.41, 5.74) is 2.93. The van der Waals surface area contributed by atoms with Crippen LogP contribution in [-0.2, 0) is 12.8 Å². The van der Waals surface area contributed by atoms with E-state index in [2.05, 4.69) is 24.9 Å². The summed E-state index contributed by atoms with van der Waals surface area (Å²) < 4.78 is 16.3. The van der Waals surface area contributed by atoms with Gasteiger partial charge < -0.3 is 19.2 Å². The lowest BCUT2D eigenvalue weighted by Crippen LogP contribution is -2.16. The number of pyridine rings is 1. The fourth-order valence-corrected chi connectivity index (χ4v) is 3.01. The molecule has 1 N–H and O–H groups in total. The van der Waals surface area contributed by atoms with E-state index in [1.165, 1.54) is 7.11 Å². The van der Waals surface area contributed by atoms with E-state index in [1.807, 2.05) is 43.3 Å². The molecule has 168 valence electrons. The average molecular weight is 445 g/mol. The number of hydrogen-bond acceptors (Lipinski definition) is 8. The second-order valence-electron chi connectivity index (χ2n) is 7.27. The van der Waals surface area contributed by atoms with Crippen LogP contribution in [0.1, 0.15) is 22.4 Å². The van der Waals surface area contributed by atoms with Crippen LogP contribution in [-0.4, -0.2) is 38.6 Å². The SMILES string of the molecule is COc1ncc(Cc2c[nH]c(OCCc3ccc(Oc4ccc(C)nc4)cc3)nc2=O)cn1. The first-order valence-electron chi connectivity index (χ1n) is 10.3. The molecule has 9 heteroatoms. The molecule has 4 rings (SSSR count). The summed E-state index contributed by atoms with van der Waals surface area (Å²) >= 11 is 0. The van der Waals surface area contributed by atoms with E-state index < -0.39 is 0 Å². The van der Waals surface area contributed by atoms with Gasteiger partial charge in [-0.25, -0.2) is 9.97 Å². The molecule has 9 nitrogen and oxygen atoms in total. The minimum Gasteiger partial charge on any atom is -0.467 e. The zero-order chi connectivity index (χ0) is 23.0. The van der Waals surface area contributed by atoms with Crippen molar-refractivity contribution in [2.45, 2.75) is 19.8 Å². The third-order valence-corrected chi connectivity index (χ3v) is 4.78. The van der Waals surface area contributed by atoms with Crippen LogP contribution in [0.25, 0.3) is 0 Å². The third-order valence-electron chi connectivity index (χ3n) is 4.78. The van der Waals surface area contributed by atoms with Gasteiger partial charge in [0, 0.05) is 42.7 Å².